The van der Waals surface area contributed by atoms with Crippen LogP contribution in [0, 0.1) is 12.8 Å². The molecule has 0 heterocycles. The van der Waals surface area contributed by atoms with Crippen molar-refractivity contribution in [3.8, 4) is 0 Å². The van der Waals surface area contributed by atoms with Gasteiger partial charge in [0.25, 0.3) is 10.1 Å². The van der Waals surface area contributed by atoms with E-state index in [9.17, 15) is 26.0 Å². The van der Waals surface area contributed by atoms with Crippen LogP contribution in [-0.2, 0) is 14.3 Å². The number of halogens is 4. The fourth-order valence-electron chi connectivity index (χ4n) is 1.20. The molecule has 0 N–H and O–H groups in total. The van der Waals surface area contributed by atoms with E-state index < -0.39 is 45.8 Å². The van der Waals surface area contributed by atoms with Crippen molar-refractivity contribution in [1.29, 1.82) is 0 Å². The molecular formula is C9H9F4O3S. The fraction of sp³-hybridized carbons (Fsp3) is 0.444. The monoisotopic (exact) mass is 273 g/mol. The van der Waals surface area contributed by atoms with Gasteiger partial charge in [0.15, 0.2) is 11.5 Å². The molecule has 1 rings (SSSR count). The summed E-state index contributed by atoms with van der Waals surface area (Å²) in [7, 11) is -4.03. The molecule has 1 radical (unpaired) electrons. The van der Waals surface area contributed by atoms with Gasteiger partial charge in [-0.1, -0.05) is 0 Å². The van der Waals surface area contributed by atoms with Crippen molar-refractivity contribution in [1.82, 2.24) is 0 Å². The summed E-state index contributed by atoms with van der Waals surface area (Å²) >= 11 is 0. The molecular weight excluding hydrogens is 264 g/mol. The summed E-state index contributed by atoms with van der Waals surface area (Å²) in [6.07, 6.45) is 0.619. The molecule has 1 aliphatic carbocycles. The first-order valence-corrected chi connectivity index (χ1v) is 6.19. The second-order valence-electron chi connectivity index (χ2n) is 3.57. The Morgan fingerprint density at radius 3 is 2.47 bits per heavy atom. The Morgan fingerprint density at radius 2 is 2.00 bits per heavy atom. The smallest absolute Gasteiger partial charge is 0.264 e. The predicted octanol–water partition coefficient (Wildman–Crippen LogP) is 2.14. The quantitative estimate of drug-likeness (QED) is 0.584. The lowest BCUT2D eigenvalue weighted by Gasteiger charge is -2.30. The predicted molar refractivity (Wildman–Crippen MR) is 51.9 cm³/mol. The van der Waals surface area contributed by atoms with Gasteiger partial charge in [0.1, 0.15) is 18.3 Å². The Kier molecular flexibility index (Phi) is 3.68. The van der Waals surface area contributed by atoms with Crippen molar-refractivity contribution in [2.24, 2.45) is 5.92 Å². The third-order valence-electron chi connectivity index (χ3n) is 2.22. The molecule has 8 heteroatoms. The highest BCUT2D eigenvalue weighted by molar-refractivity contribution is 7.85. The summed E-state index contributed by atoms with van der Waals surface area (Å²) < 4.78 is 78.3. The SMILES string of the molecule is [CH2]C1C(F)=C(F)C=C(F)C1(F)COS(C)(=O)=O. The summed E-state index contributed by atoms with van der Waals surface area (Å²) in [5.74, 6) is -6.88. The molecule has 2 unspecified atom stereocenters. The van der Waals surface area contributed by atoms with Gasteiger partial charge in [-0.25, -0.2) is 17.6 Å². The minimum atomic E-state index is -4.03. The van der Waals surface area contributed by atoms with Crippen LogP contribution >= 0.6 is 0 Å². The van der Waals surface area contributed by atoms with Gasteiger partial charge in [-0.15, -0.1) is 0 Å². The number of hydrogen-bond donors (Lipinski definition) is 0. The second kappa shape index (κ2) is 4.41. The van der Waals surface area contributed by atoms with Crippen LogP contribution in [0.5, 0.6) is 0 Å². The van der Waals surface area contributed by atoms with Crippen molar-refractivity contribution in [3.63, 3.8) is 0 Å². The van der Waals surface area contributed by atoms with Crippen molar-refractivity contribution >= 4 is 10.1 Å². The molecule has 97 valence electrons. The van der Waals surface area contributed by atoms with Gasteiger partial charge in [0.2, 0.25) is 0 Å². The number of allylic oxidation sites excluding steroid dienone is 3. The standard InChI is InChI=1S/C9H9F4O3S/c1-5-8(12)6(10)3-7(11)9(5,13)4-16-17(2,14)15/h3,5H,1,4H2,2H3. The highest BCUT2D eigenvalue weighted by Crippen LogP contribution is 2.42. The normalized spacial score (nSPS) is 30.5. The molecule has 2 atom stereocenters. The zero-order chi connectivity index (χ0) is 13.4. The minimum Gasteiger partial charge on any atom is -0.266 e. The fourth-order valence-corrected chi connectivity index (χ4v) is 1.58. The zero-order valence-corrected chi connectivity index (χ0v) is 9.53. The molecule has 17 heavy (non-hydrogen) atoms. The second-order valence-corrected chi connectivity index (χ2v) is 5.21. The van der Waals surface area contributed by atoms with E-state index in [1.54, 1.807) is 0 Å². The maximum Gasteiger partial charge on any atom is 0.264 e. The minimum absolute atomic E-state index is 0.00263. The highest BCUT2D eigenvalue weighted by Gasteiger charge is 2.48. The molecule has 0 saturated heterocycles. The van der Waals surface area contributed by atoms with Crippen LogP contribution in [-0.4, -0.2) is 26.9 Å². The van der Waals surface area contributed by atoms with E-state index in [1.807, 2.05) is 0 Å². The summed E-state index contributed by atoms with van der Waals surface area (Å²) in [5.41, 5.74) is -3.14. The lowest BCUT2D eigenvalue weighted by Crippen LogP contribution is -2.40. The maximum absolute atomic E-state index is 14.0. The van der Waals surface area contributed by atoms with E-state index in [4.69, 9.17) is 0 Å². The van der Waals surface area contributed by atoms with Gasteiger partial charge in [0, 0.05) is 6.08 Å². The summed E-state index contributed by atoms with van der Waals surface area (Å²) in [5, 5.41) is 0. The lowest BCUT2D eigenvalue weighted by molar-refractivity contribution is 0.0591. The van der Waals surface area contributed by atoms with Crippen LogP contribution in [0.2, 0.25) is 0 Å². The van der Waals surface area contributed by atoms with Crippen molar-refractivity contribution in [3.05, 3.63) is 30.5 Å². The summed E-state index contributed by atoms with van der Waals surface area (Å²) in [4.78, 5) is 0. The largest absolute Gasteiger partial charge is 0.266 e. The summed E-state index contributed by atoms with van der Waals surface area (Å²) in [6, 6.07) is 0. The van der Waals surface area contributed by atoms with E-state index in [0.717, 1.165) is 0 Å². The van der Waals surface area contributed by atoms with Gasteiger partial charge in [-0.3, -0.25) is 4.18 Å². The van der Waals surface area contributed by atoms with E-state index in [0.29, 0.717) is 6.26 Å². The van der Waals surface area contributed by atoms with Gasteiger partial charge < -0.3 is 0 Å². The van der Waals surface area contributed by atoms with Crippen molar-refractivity contribution in [2.45, 2.75) is 5.67 Å². The first-order valence-electron chi connectivity index (χ1n) is 4.37. The van der Waals surface area contributed by atoms with E-state index in [1.165, 1.54) is 0 Å². The van der Waals surface area contributed by atoms with Crippen LogP contribution in [0.15, 0.2) is 23.6 Å². The average molecular weight is 273 g/mol. The van der Waals surface area contributed by atoms with Gasteiger partial charge in [-0.2, -0.15) is 8.42 Å². The van der Waals surface area contributed by atoms with Crippen LogP contribution in [0.25, 0.3) is 0 Å². The van der Waals surface area contributed by atoms with Crippen LogP contribution < -0.4 is 0 Å². The number of rotatable bonds is 3. The molecule has 0 aliphatic heterocycles. The Bertz CT molecular complexity index is 482. The maximum atomic E-state index is 14.0. The molecule has 1 aliphatic rings. The highest BCUT2D eigenvalue weighted by atomic mass is 32.2. The zero-order valence-electron chi connectivity index (χ0n) is 8.71. The van der Waals surface area contributed by atoms with Gasteiger partial charge >= 0.3 is 0 Å². The van der Waals surface area contributed by atoms with Crippen LogP contribution in [0.3, 0.4) is 0 Å². The topological polar surface area (TPSA) is 43.4 Å². The van der Waals surface area contributed by atoms with Gasteiger partial charge in [-0.05, 0) is 6.92 Å². The molecule has 0 aromatic rings. The molecule has 0 fully saturated rings. The number of hydrogen-bond acceptors (Lipinski definition) is 3. The van der Waals surface area contributed by atoms with E-state index in [2.05, 4.69) is 11.1 Å². The molecule has 0 aromatic heterocycles. The first kappa shape index (κ1) is 14.2. The molecule has 3 nitrogen and oxygen atoms in total. The third kappa shape index (κ3) is 2.86. The third-order valence-corrected chi connectivity index (χ3v) is 2.77. The Labute approximate surface area is 95.9 Å². The van der Waals surface area contributed by atoms with Gasteiger partial charge in [0.05, 0.1) is 12.2 Å². The van der Waals surface area contributed by atoms with Crippen molar-refractivity contribution in [2.75, 3.05) is 12.9 Å². The summed E-state index contributed by atoms with van der Waals surface area (Å²) in [6.45, 7) is 1.63. The van der Waals surface area contributed by atoms with E-state index >= 15 is 0 Å². The molecule has 0 spiro atoms. The average Bonchev–Trinajstić information content (AvgIpc) is 2.20. The van der Waals surface area contributed by atoms with Crippen LogP contribution in [0.4, 0.5) is 17.6 Å². The molecule has 0 amide bonds. The number of alkyl halides is 1. The molecule has 0 bridgehead atoms. The van der Waals surface area contributed by atoms with E-state index in [-0.39, 0.29) is 6.08 Å². The molecule has 0 aromatic carbocycles. The van der Waals surface area contributed by atoms with Crippen LogP contribution in [0.1, 0.15) is 0 Å². The Morgan fingerprint density at radius 1 is 1.47 bits per heavy atom. The Balaban J connectivity index is 3.02. The Hall–Kier alpha value is -0.890. The first-order chi connectivity index (χ1) is 7.58. The lowest BCUT2D eigenvalue weighted by atomic mass is 9.85. The molecule has 0 saturated carbocycles. The van der Waals surface area contributed by atoms with Crippen molar-refractivity contribution < 1.29 is 30.2 Å².